The van der Waals surface area contributed by atoms with E-state index in [1.807, 2.05) is 69.8 Å². The van der Waals surface area contributed by atoms with E-state index in [0.717, 1.165) is 66.4 Å². The molecule has 1 amide bonds. The summed E-state index contributed by atoms with van der Waals surface area (Å²) < 4.78 is 10.3. The molecule has 1 unspecified atom stereocenters. The normalized spacial score (nSPS) is 14.7. The van der Waals surface area contributed by atoms with Crippen molar-refractivity contribution in [3.05, 3.63) is 98.0 Å². The minimum atomic E-state index is -1.02. The van der Waals surface area contributed by atoms with E-state index >= 15 is 0 Å². The average molecular weight is 699 g/mol. The molecule has 0 saturated heterocycles. The summed E-state index contributed by atoms with van der Waals surface area (Å²) in [5.74, 6) is -0.404. The van der Waals surface area contributed by atoms with Gasteiger partial charge < -0.3 is 23.9 Å². The fourth-order valence-electron chi connectivity index (χ4n) is 7.44. The van der Waals surface area contributed by atoms with Gasteiger partial charge in [0.15, 0.2) is 0 Å². The zero-order valence-corrected chi connectivity index (χ0v) is 29.8. The van der Waals surface area contributed by atoms with Crippen LogP contribution in [0.2, 0.25) is 10.0 Å². The third-order valence-electron chi connectivity index (χ3n) is 9.69. The number of hydrogen-bond donors (Lipinski definition) is 2. The number of carboxylic acid groups (broad SMARTS) is 1. The number of hydrogen-bond acceptors (Lipinski definition) is 4. The number of carboxylic acids is 1. The zero-order chi connectivity index (χ0) is 34.9. The Morgan fingerprint density at radius 3 is 2.45 bits per heavy atom. The molecular formula is C38H37Cl2N5O4. The number of nitrogens with zero attached hydrogens (tertiary/aromatic N) is 4. The molecular weight excluding hydrogens is 661 g/mol. The summed E-state index contributed by atoms with van der Waals surface area (Å²) in [5, 5.41) is 20.3. The molecule has 0 saturated carbocycles. The van der Waals surface area contributed by atoms with Gasteiger partial charge in [0.25, 0.3) is 5.91 Å². The van der Waals surface area contributed by atoms with Crippen LogP contribution in [0.3, 0.4) is 0 Å². The van der Waals surface area contributed by atoms with Gasteiger partial charge in [-0.15, -0.1) is 0 Å². The lowest BCUT2D eigenvalue weighted by atomic mass is 9.98. The molecule has 1 aliphatic heterocycles. The van der Waals surface area contributed by atoms with Gasteiger partial charge in [0.05, 0.1) is 34.1 Å². The molecule has 3 aromatic heterocycles. The van der Waals surface area contributed by atoms with Crippen LogP contribution < -0.4 is 9.64 Å². The Morgan fingerprint density at radius 1 is 1.04 bits per heavy atom. The first-order chi connectivity index (χ1) is 23.4. The van der Waals surface area contributed by atoms with Gasteiger partial charge >= 0.3 is 5.97 Å². The Hall–Kier alpha value is -4.73. The maximum absolute atomic E-state index is 14.9. The van der Waals surface area contributed by atoms with Crippen LogP contribution >= 0.6 is 23.2 Å². The van der Waals surface area contributed by atoms with E-state index < -0.39 is 5.97 Å². The van der Waals surface area contributed by atoms with Crippen molar-refractivity contribution in [2.75, 3.05) is 18.1 Å². The van der Waals surface area contributed by atoms with Gasteiger partial charge in [-0.3, -0.25) is 9.89 Å². The van der Waals surface area contributed by atoms with Crippen LogP contribution in [0.15, 0.2) is 48.7 Å². The lowest BCUT2D eigenvalue weighted by molar-refractivity contribution is 0.0696. The summed E-state index contributed by atoms with van der Waals surface area (Å²) in [6, 6.07) is 12.7. The summed E-state index contributed by atoms with van der Waals surface area (Å²) in [4.78, 5) is 28.6. The van der Waals surface area contributed by atoms with E-state index in [1.54, 1.807) is 23.1 Å². The van der Waals surface area contributed by atoms with Crippen LogP contribution in [0.25, 0.3) is 32.9 Å². The van der Waals surface area contributed by atoms with Crippen molar-refractivity contribution < 1.29 is 19.4 Å². The van der Waals surface area contributed by atoms with E-state index in [0.29, 0.717) is 47.8 Å². The molecule has 2 N–H and O–H groups in total. The molecule has 0 aliphatic carbocycles. The fourth-order valence-corrected chi connectivity index (χ4v) is 7.80. The van der Waals surface area contributed by atoms with Crippen molar-refractivity contribution in [3.8, 4) is 16.9 Å². The maximum Gasteiger partial charge on any atom is 0.335 e. The number of fused-ring (bicyclic) bond motifs is 4. The number of aromatic nitrogens is 4. The monoisotopic (exact) mass is 697 g/mol. The van der Waals surface area contributed by atoms with E-state index in [4.69, 9.17) is 27.9 Å². The SMILES string of the molecule is Cc1cc(OCCCc2c3n(c4c(-c5c(C)n[nH]c5C)c(Cl)ccc24)C(C)CN(c2cn(C)c4ccc(C(=O)O)cc24)C3=O)cc(C)c1Cl. The molecule has 0 spiro atoms. The molecule has 4 heterocycles. The van der Waals surface area contributed by atoms with Gasteiger partial charge in [0, 0.05) is 64.0 Å². The van der Waals surface area contributed by atoms with Crippen LogP contribution in [0.1, 0.15) is 68.3 Å². The van der Waals surface area contributed by atoms with Gasteiger partial charge in [0.1, 0.15) is 11.4 Å². The van der Waals surface area contributed by atoms with Crippen LogP contribution in [-0.2, 0) is 13.5 Å². The number of H-pyrrole nitrogens is 1. The Labute approximate surface area is 294 Å². The van der Waals surface area contributed by atoms with Crippen molar-refractivity contribution >= 4 is 62.6 Å². The summed E-state index contributed by atoms with van der Waals surface area (Å²) >= 11 is 13.4. The predicted molar refractivity (Wildman–Crippen MR) is 195 cm³/mol. The second-order valence-corrected chi connectivity index (χ2v) is 13.9. The molecule has 11 heteroatoms. The van der Waals surface area contributed by atoms with E-state index in [9.17, 15) is 14.7 Å². The topological polar surface area (TPSA) is 105 Å². The number of aromatic amines is 1. The second kappa shape index (κ2) is 12.3. The number of rotatable bonds is 8. The lowest BCUT2D eigenvalue weighted by Crippen LogP contribution is -2.42. The van der Waals surface area contributed by atoms with Crippen molar-refractivity contribution in [1.82, 2.24) is 19.3 Å². The van der Waals surface area contributed by atoms with Crippen molar-refractivity contribution in [2.45, 2.75) is 53.5 Å². The molecule has 1 aliphatic rings. The van der Waals surface area contributed by atoms with E-state index in [-0.39, 0.29) is 17.5 Å². The summed E-state index contributed by atoms with van der Waals surface area (Å²) in [7, 11) is 1.90. The summed E-state index contributed by atoms with van der Waals surface area (Å²) in [6.07, 6.45) is 3.15. The first-order valence-electron chi connectivity index (χ1n) is 16.3. The first-order valence-corrected chi connectivity index (χ1v) is 17.0. The number of aromatic carboxylic acids is 1. The van der Waals surface area contributed by atoms with E-state index in [2.05, 4.69) is 21.7 Å². The third kappa shape index (κ3) is 5.36. The highest BCUT2D eigenvalue weighted by Gasteiger charge is 2.37. The second-order valence-electron chi connectivity index (χ2n) is 13.1. The van der Waals surface area contributed by atoms with Gasteiger partial charge in [-0.2, -0.15) is 5.10 Å². The Kier molecular flexibility index (Phi) is 8.24. The van der Waals surface area contributed by atoms with Crippen LogP contribution in [0, 0.1) is 27.7 Å². The Balaban J connectivity index is 1.37. The number of amides is 1. The zero-order valence-electron chi connectivity index (χ0n) is 28.2. The molecule has 49 heavy (non-hydrogen) atoms. The number of anilines is 1. The molecule has 6 aromatic rings. The Bertz CT molecular complexity index is 2290. The van der Waals surface area contributed by atoms with Crippen LogP contribution in [0.4, 0.5) is 5.69 Å². The minimum Gasteiger partial charge on any atom is -0.494 e. The smallest absolute Gasteiger partial charge is 0.335 e. The molecule has 1 atom stereocenters. The molecule has 3 aromatic carbocycles. The summed E-state index contributed by atoms with van der Waals surface area (Å²) in [5.41, 5.74) is 9.54. The molecule has 0 bridgehead atoms. The largest absolute Gasteiger partial charge is 0.494 e. The highest BCUT2D eigenvalue weighted by molar-refractivity contribution is 6.35. The number of ether oxygens (including phenoxy) is 1. The quantitative estimate of drug-likeness (QED) is 0.155. The number of carbonyl (C=O) groups is 2. The molecule has 0 radical (unpaired) electrons. The third-order valence-corrected chi connectivity index (χ3v) is 10.6. The number of halogens is 2. The number of nitrogens with one attached hydrogen (secondary N) is 1. The highest BCUT2D eigenvalue weighted by Crippen LogP contribution is 2.45. The standard InChI is InChI=1S/C38H37Cl2N5O4/c1-19-14-25(15-20(2)34(19)40)49-13-7-8-26-27-10-11-29(39)33(32-22(4)41-42-23(32)5)35(27)45-21(3)17-44(37(46)36(26)45)31-18-43(6)30-12-9-24(38(47)48)16-28(30)31/h9-12,14-16,18,21H,7-8,13,17H2,1-6H3,(H,41,42)(H,47,48). The molecule has 0 fully saturated rings. The lowest BCUT2D eigenvalue weighted by Gasteiger charge is -2.34. The molecule has 252 valence electrons. The molecule has 7 rings (SSSR count). The minimum absolute atomic E-state index is 0.136. The fraction of sp³-hybridized carbons (Fsp3) is 0.289. The van der Waals surface area contributed by atoms with Crippen molar-refractivity contribution in [1.29, 1.82) is 0 Å². The molecule has 9 nitrogen and oxygen atoms in total. The van der Waals surface area contributed by atoms with Crippen LogP contribution in [0.5, 0.6) is 5.75 Å². The average Bonchev–Trinajstić information content (AvgIpc) is 3.70. The number of benzene rings is 3. The number of aryl methyl sites for hydroxylation is 6. The summed E-state index contributed by atoms with van der Waals surface area (Å²) in [6.45, 7) is 10.8. The van der Waals surface area contributed by atoms with Gasteiger partial charge in [-0.25, -0.2) is 4.79 Å². The van der Waals surface area contributed by atoms with Gasteiger partial charge in [0.2, 0.25) is 0 Å². The first kappa shape index (κ1) is 32.8. The predicted octanol–water partition coefficient (Wildman–Crippen LogP) is 8.99. The maximum atomic E-state index is 14.9. The van der Waals surface area contributed by atoms with Gasteiger partial charge in [-0.05, 0) is 101 Å². The van der Waals surface area contributed by atoms with Crippen LogP contribution in [-0.4, -0.2) is 49.5 Å². The van der Waals surface area contributed by atoms with Gasteiger partial charge in [-0.1, -0.05) is 29.3 Å². The van der Waals surface area contributed by atoms with E-state index in [1.165, 1.54) is 0 Å². The van der Waals surface area contributed by atoms with Crippen molar-refractivity contribution in [3.63, 3.8) is 0 Å². The Morgan fingerprint density at radius 2 is 1.78 bits per heavy atom. The number of carbonyl (C=O) groups excluding carboxylic acids is 1. The highest BCUT2D eigenvalue weighted by atomic mass is 35.5. The van der Waals surface area contributed by atoms with Crippen molar-refractivity contribution in [2.24, 2.45) is 7.05 Å².